The molecule has 0 spiro atoms. The highest BCUT2D eigenvalue weighted by Crippen LogP contribution is 2.22. The second-order valence-corrected chi connectivity index (χ2v) is 5.99. The Labute approximate surface area is 162 Å². The van der Waals surface area contributed by atoms with Gasteiger partial charge in [0.2, 0.25) is 5.91 Å². The number of rotatable bonds is 7. The third-order valence-corrected chi connectivity index (χ3v) is 3.95. The van der Waals surface area contributed by atoms with Crippen molar-refractivity contribution in [3.8, 4) is 0 Å². The molecule has 2 aromatic carbocycles. The predicted octanol–water partition coefficient (Wildman–Crippen LogP) is 2.96. The van der Waals surface area contributed by atoms with Gasteiger partial charge < -0.3 is 15.4 Å². The zero-order chi connectivity index (χ0) is 19.6. The number of benzene rings is 2. The molecule has 2 aromatic rings. The fourth-order valence-electron chi connectivity index (χ4n) is 2.08. The van der Waals surface area contributed by atoms with E-state index in [0.29, 0.717) is 10.7 Å². The molecule has 27 heavy (non-hydrogen) atoms. The van der Waals surface area contributed by atoms with Crippen molar-refractivity contribution in [1.82, 2.24) is 5.32 Å². The van der Waals surface area contributed by atoms with E-state index in [1.165, 1.54) is 6.08 Å². The van der Waals surface area contributed by atoms with Crippen molar-refractivity contribution in [2.75, 3.05) is 18.5 Å². The van der Waals surface area contributed by atoms with Crippen LogP contribution in [-0.4, -0.2) is 30.9 Å². The monoisotopic (exact) mass is 386 g/mol. The third-order valence-electron chi connectivity index (χ3n) is 3.54. The number of nitrogens with one attached hydrogen (secondary N) is 2. The number of esters is 1. The number of amides is 2. The molecular formula is C20H19ClN2O4. The van der Waals surface area contributed by atoms with Crippen LogP contribution in [0.25, 0.3) is 6.08 Å². The molecule has 0 atom stereocenters. The van der Waals surface area contributed by atoms with Crippen molar-refractivity contribution >= 4 is 41.1 Å². The van der Waals surface area contributed by atoms with Crippen LogP contribution in [-0.2, 0) is 19.1 Å². The van der Waals surface area contributed by atoms with Crippen LogP contribution in [0.4, 0.5) is 5.69 Å². The van der Waals surface area contributed by atoms with Gasteiger partial charge >= 0.3 is 5.97 Å². The molecule has 0 aromatic heterocycles. The summed E-state index contributed by atoms with van der Waals surface area (Å²) >= 11 is 5.98. The second-order valence-electron chi connectivity index (χ2n) is 5.58. The Balaban J connectivity index is 1.71. The van der Waals surface area contributed by atoms with Gasteiger partial charge in [-0.2, -0.15) is 0 Å². The summed E-state index contributed by atoms with van der Waals surface area (Å²) in [6.45, 7) is 0.977. The Bertz CT molecular complexity index is 850. The molecule has 6 nitrogen and oxygen atoms in total. The quantitative estimate of drug-likeness (QED) is 0.566. The summed E-state index contributed by atoms with van der Waals surface area (Å²) in [6, 6.07) is 14.4. The fourth-order valence-corrected chi connectivity index (χ4v) is 2.26. The highest BCUT2D eigenvalue weighted by atomic mass is 35.5. The molecule has 0 aliphatic carbocycles. The summed E-state index contributed by atoms with van der Waals surface area (Å²) in [6.07, 6.45) is 2.94. The van der Waals surface area contributed by atoms with Crippen LogP contribution >= 0.6 is 11.6 Å². The predicted molar refractivity (Wildman–Crippen MR) is 104 cm³/mol. The standard InChI is InChI=1S/C20H19ClN2O4/c1-14-16(21)8-5-9-17(14)23-19(25)13-27-20(26)12-22-18(24)11-10-15-6-3-2-4-7-15/h2-11H,12-13H2,1H3,(H,22,24)(H,23,25)/b11-10+. The minimum atomic E-state index is -0.713. The molecular weight excluding hydrogens is 368 g/mol. The average Bonchev–Trinajstić information content (AvgIpc) is 2.67. The van der Waals surface area contributed by atoms with E-state index in [2.05, 4.69) is 10.6 Å². The Hall–Kier alpha value is -3.12. The van der Waals surface area contributed by atoms with E-state index in [-0.39, 0.29) is 6.54 Å². The van der Waals surface area contributed by atoms with Gasteiger partial charge in [0.05, 0.1) is 0 Å². The van der Waals surface area contributed by atoms with Crippen LogP contribution < -0.4 is 10.6 Å². The van der Waals surface area contributed by atoms with Crippen molar-refractivity contribution in [2.45, 2.75) is 6.92 Å². The van der Waals surface area contributed by atoms with Gasteiger partial charge in [-0.05, 0) is 36.3 Å². The molecule has 0 radical (unpaired) electrons. The molecule has 0 saturated carbocycles. The minimum Gasteiger partial charge on any atom is -0.454 e. The zero-order valence-electron chi connectivity index (χ0n) is 14.7. The average molecular weight is 387 g/mol. The third kappa shape index (κ3) is 6.95. The van der Waals surface area contributed by atoms with Crippen molar-refractivity contribution in [3.05, 3.63) is 70.8 Å². The molecule has 2 amide bonds. The molecule has 0 saturated heterocycles. The van der Waals surface area contributed by atoms with Gasteiger partial charge in [-0.15, -0.1) is 0 Å². The topological polar surface area (TPSA) is 84.5 Å². The number of hydrogen-bond donors (Lipinski definition) is 2. The van der Waals surface area contributed by atoms with Crippen molar-refractivity contribution in [1.29, 1.82) is 0 Å². The Morgan fingerprint density at radius 1 is 1.07 bits per heavy atom. The van der Waals surface area contributed by atoms with Crippen molar-refractivity contribution in [3.63, 3.8) is 0 Å². The highest BCUT2D eigenvalue weighted by Gasteiger charge is 2.10. The van der Waals surface area contributed by atoms with Crippen LogP contribution in [0.15, 0.2) is 54.6 Å². The van der Waals surface area contributed by atoms with Crippen LogP contribution in [0.5, 0.6) is 0 Å². The van der Waals surface area contributed by atoms with Gasteiger partial charge in [0.15, 0.2) is 6.61 Å². The molecule has 0 fully saturated rings. The van der Waals surface area contributed by atoms with E-state index in [1.807, 2.05) is 30.3 Å². The smallest absolute Gasteiger partial charge is 0.325 e. The summed E-state index contributed by atoms with van der Waals surface area (Å²) in [5, 5.41) is 5.53. The molecule has 0 aliphatic rings. The van der Waals surface area contributed by atoms with Crippen LogP contribution in [0.1, 0.15) is 11.1 Å². The lowest BCUT2D eigenvalue weighted by Crippen LogP contribution is -2.31. The molecule has 0 heterocycles. The zero-order valence-corrected chi connectivity index (χ0v) is 15.5. The van der Waals surface area contributed by atoms with Gasteiger partial charge in [-0.3, -0.25) is 14.4 Å². The maximum atomic E-state index is 11.8. The SMILES string of the molecule is Cc1c(Cl)cccc1NC(=O)COC(=O)CNC(=O)/C=C/c1ccccc1. The van der Waals surface area contributed by atoms with E-state index in [0.717, 1.165) is 11.1 Å². The molecule has 0 aliphatic heterocycles. The minimum absolute atomic E-state index is 0.332. The molecule has 140 valence electrons. The summed E-state index contributed by atoms with van der Waals surface area (Å²) in [5.41, 5.74) is 2.13. The molecule has 2 N–H and O–H groups in total. The molecule has 7 heteroatoms. The number of ether oxygens (including phenoxy) is 1. The van der Waals surface area contributed by atoms with E-state index >= 15 is 0 Å². The number of carbonyl (C=O) groups excluding carboxylic acids is 3. The van der Waals surface area contributed by atoms with E-state index < -0.39 is 24.4 Å². The lowest BCUT2D eigenvalue weighted by Gasteiger charge is -2.10. The maximum absolute atomic E-state index is 11.8. The normalized spacial score (nSPS) is 10.4. The summed E-state index contributed by atoms with van der Waals surface area (Å²) in [7, 11) is 0. The number of hydrogen-bond acceptors (Lipinski definition) is 4. The number of halogens is 1. The number of anilines is 1. The number of carbonyl (C=O) groups is 3. The molecule has 0 bridgehead atoms. The van der Waals surface area contributed by atoms with E-state index in [9.17, 15) is 14.4 Å². The van der Waals surface area contributed by atoms with Crippen LogP contribution in [0, 0.1) is 6.92 Å². The van der Waals surface area contributed by atoms with E-state index in [4.69, 9.17) is 16.3 Å². The lowest BCUT2D eigenvalue weighted by molar-refractivity contribution is -0.146. The largest absolute Gasteiger partial charge is 0.454 e. The van der Waals surface area contributed by atoms with E-state index in [1.54, 1.807) is 31.2 Å². The summed E-state index contributed by atoms with van der Waals surface area (Å²) in [5.74, 6) is -1.65. The lowest BCUT2D eigenvalue weighted by atomic mass is 10.2. The van der Waals surface area contributed by atoms with Gasteiger partial charge in [-0.1, -0.05) is 48.0 Å². The summed E-state index contributed by atoms with van der Waals surface area (Å²) < 4.78 is 4.84. The van der Waals surface area contributed by atoms with Gasteiger partial charge in [0.1, 0.15) is 6.54 Å². The van der Waals surface area contributed by atoms with Crippen LogP contribution in [0.3, 0.4) is 0 Å². The van der Waals surface area contributed by atoms with Gasteiger partial charge in [0.25, 0.3) is 5.91 Å². The Kier molecular flexibility index (Phi) is 7.58. The Morgan fingerprint density at radius 2 is 1.81 bits per heavy atom. The highest BCUT2D eigenvalue weighted by molar-refractivity contribution is 6.31. The second kappa shape index (κ2) is 10.1. The molecule has 0 unspecified atom stereocenters. The van der Waals surface area contributed by atoms with Crippen LogP contribution in [0.2, 0.25) is 5.02 Å². The van der Waals surface area contributed by atoms with Crippen molar-refractivity contribution < 1.29 is 19.1 Å². The Morgan fingerprint density at radius 3 is 2.56 bits per heavy atom. The summed E-state index contributed by atoms with van der Waals surface area (Å²) in [4.78, 5) is 35.2. The van der Waals surface area contributed by atoms with Gasteiger partial charge in [0, 0.05) is 16.8 Å². The van der Waals surface area contributed by atoms with Gasteiger partial charge in [-0.25, -0.2) is 0 Å². The van der Waals surface area contributed by atoms with Crippen molar-refractivity contribution in [2.24, 2.45) is 0 Å². The maximum Gasteiger partial charge on any atom is 0.325 e. The fraction of sp³-hybridized carbons (Fsp3) is 0.150. The first kappa shape index (κ1) is 20.2. The first-order valence-corrected chi connectivity index (χ1v) is 8.55. The first-order valence-electron chi connectivity index (χ1n) is 8.17. The molecule has 2 rings (SSSR count). The first-order chi connectivity index (χ1) is 13.0.